The SMILES string of the molecule is Nc1ccc(S[SH](Cl)c2ccc(N)cc2)cc1. The van der Waals surface area contributed by atoms with Crippen molar-refractivity contribution < 1.29 is 0 Å². The van der Waals surface area contributed by atoms with E-state index in [4.69, 9.17) is 22.1 Å². The Morgan fingerprint density at radius 2 is 1.29 bits per heavy atom. The summed E-state index contributed by atoms with van der Waals surface area (Å²) in [7, 11) is 7.25. The molecule has 17 heavy (non-hydrogen) atoms. The van der Waals surface area contributed by atoms with E-state index in [2.05, 4.69) is 0 Å². The first kappa shape index (κ1) is 12.5. The normalized spacial score (nSPS) is 13.4. The molecule has 5 heteroatoms. The van der Waals surface area contributed by atoms with Gasteiger partial charge >= 0.3 is 0 Å². The van der Waals surface area contributed by atoms with Gasteiger partial charge in [0.25, 0.3) is 0 Å². The van der Waals surface area contributed by atoms with Gasteiger partial charge < -0.3 is 11.5 Å². The summed E-state index contributed by atoms with van der Waals surface area (Å²) in [6, 6.07) is 15.4. The molecular formula is C12H13ClN2S2. The molecule has 0 saturated carbocycles. The largest absolute Gasteiger partial charge is 0.399 e. The third-order valence-corrected chi connectivity index (χ3v) is 6.46. The first-order valence-corrected chi connectivity index (χ1v) is 8.67. The molecule has 0 aliphatic carbocycles. The first-order valence-electron chi connectivity index (χ1n) is 5.00. The van der Waals surface area contributed by atoms with Gasteiger partial charge in [-0.05, 0) is 48.5 Å². The summed E-state index contributed by atoms with van der Waals surface area (Å²) >= 11 is 0. The lowest BCUT2D eigenvalue weighted by molar-refractivity contribution is 1.46. The fourth-order valence-electron chi connectivity index (χ4n) is 1.27. The molecule has 0 bridgehead atoms. The molecule has 0 spiro atoms. The van der Waals surface area contributed by atoms with Crippen LogP contribution in [0.5, 0.6) is 0 Å². The Hall–Kier alpha value is -0.970. The predicted octanol–water partition coefficient (Wildman–Crippen LogP) is 4.07. The highest BCUT2D eigenvalue weighted by Crippen LogP contribution is 2.55. The van der Waals surface area contributed by atoms with Gasteiger partial charge in [0.2, 0.25) is 0 Å². The van der Waals surface area contributed by atoms with Gasteiger partial charge in [-0.25, -0.2) is 0 Å². The number of nitrogen functional groups attached to an aromatic ring is 2. The minimum atomic E-state index is -0.781. The van der Waals surface area contributed by atoms with Crippen molar-refractivity contribution in [2.45, 2.75) is 9.79 Å². The Morgan fingerprint density at radius 1 is 0.824 bits per heavy atom. The zero-order chi connectivity index (χ0) is 12.3. The van der Waals surface area contributed by atoms with Crippen molar-refractivity contribution in [2.75, 3.05) is 11.5 Å². The van der Waals surface area contributed by atoms with Crippen LogP contribution in [0.1, 0.15) is 0 Å². The molecule has 2 aromatic rings. The molecule has 0 amide bonds. The van der Waals surface area contributed by atoms with Crippen LogP contribution in [-0.4, -0.2) is 0 Å². The average molecular weight is 285 g/mol. The van der Waals surface area contributed by atoms with Crippen LogP contribution >= 0.6 is 30.6 Å². The van der Waals surface area contributed by atoms with E-state index in [1.165, 1.54) is 0 Å². The maximum atomic E-state index is 6.39. The van der Waals surface area contributed by atoms with Gasteiger partial charge in [0.1, 0.15) is 0 Å². The van der Waals surface area contributed by atoms with E-state index in [-0.39, 0.29) is 0 Å². The maximum Gasteiger partial charge on any atom is 0.0314 e. The maximum absolute atomic E-state index is 6.39. The molecule has 0 fully saturated rings. The van der Waals surface area contributed by atoms with E-state index >= 15 is 0 Å². The number of nitrogens with two attached hydrogens (primary N) is 2. The summed E-state index contributed by atoms with van der Waals surface area (Å²) in [4.78, 5) is 2.23. The quantitative estimate of drug-likeness (QED) is 0.452. The van der Waals surface area contributed by atoms with E-state index in [0.717, 1.165) is 21.2 Å². The molecule has 0 saturated heterocycles. The van der Waals surface area contributed by atoms with E-state index in [1.54, 1.807) is 10.8 Å². The molecule has 1 unspecified atom stereocenters. The van der Waals surface area contributed by atoms with Crippen molar-refractivity contribution in [3.05, 3.63) is 48.5 Å². The molecule has 0 aliphatic rings. The highest BCUT2D eigenvalue weighted by molar-refractivity contribution is 8.93. The van der Waals surface area contributed by atoms with Crippen molar-refractivity contribution in [1.82, 2.24) is 0 Å². The second-order valence-electron chi connectivity index (χ2n) is 3.50. The third-order valence-electron chi connectivity index (χ3n) is 2.16. The zero-order valence-electron chi connectivity index (χ0n) is 9.01. The minimum Gasteiger partial charge on any atom is -0.399 e. The molecule has 2 nitrogen and oxygen atoms in total. The molecule has 90 valence electrons. The number of hydrogen-bond donors (Lipinski definition) is 3. The Balaban J connectivity index is 2.08. The fraction of sp³-hybridized carbons (Fsp3) is 0. The first-order chi connectivity index (χ1) is 8.15. The summed E-state index contributed by atoms with van der Waals surface area (Å²) in [5.41, 5.74) is 12.8. The van der Waals surface area contributed by atoms with E-state index < -0.39 is 9.14 Å². The average Bonchev–Trinajstić information content (AvgIpc) is 2.33. The Labute approximate surface area is 112 Å². The Morgan fingerprint density at radius 3 is 1.82 bits per heavy atom. The van der Waals surface area contributed by atoms with Gasteiger partial charge in [-0.3, -0.25) is 0 Å². The van der Waals surface area contributed by atoms with Crippen LogP contribution in [0.4, 0.5) is 11.4 Å². The number of anilines is 2. The minimum absolute atomic E-state index is 0.756. The van der Waals surface area contributed by atoms with E-state index in [9.17, 15) is 0 Å². The fourth-order valence-corrected chi connectivity index (χ4v) is 4.85. The molecule has 4 N–H and O–H groups in total. The number of rotatable bonds is 3. The topological polar surface area (TPSA) is 52.0 Å². The Kier molecular flexibility index (Phi) is 4.10. The van der Waals surface area contributed by atoms with Crippen LogP contribution in [0.3, 0.4) is 0 Å². The van der Waals surface area contributed by atoms with E-state index in [0.29, 0.717) is 0 Å². The molecule has 1 atom stereocenters. The highest BCUT2D eigenvalue weighted by Gasteiger charge is 2.05. The zero-order valence-corrected chi connectivity index (χ0v) is 11.5. The summed E-state index contributed by atoms with van der Waals surface area (Å²) in [6.07, 6.45) is 0. The van der Waals surface area contributed by atoms with Crippen molar-refractivity contribution in [1.29, 1.82) is 0 Å². The van der Waals surface area contributed by atoms with Gasteiger partial charge in [0.15, 0.2) is 0 Å². The summed E-state index contributed by atoms with van der Waals surface area (Å²) in [5.74, 6) is 0. The number of thiol groups is 1. The molecule has 0 radical (unpaired) electrons. The molecule has 0 aliphatic heterocycles. The summed E-state index contributed by atoms with van der Waals surface area (Å²) in [6.45, 7) is 0. The molecule has 2 aromatic carbocycles. The smallest absolute Gasteiger partial charge is 0.0314 e. The predicted molar refractivity (Wildman–Crippen MR) is 80.7 cm³/mol. The van der Waals surface area contributed by atoms with Crippen LogP contribution in [0.25, 0.3) is 0 Å². The summed E-state index contributed by atoms with van der Waals surface area (Å²) < 4.78 is 0. The van der Waals surface area contributed by atoms with Gasteiger partial charge in [-0.2, -0.15) is 0 Å². The van der Waals surface area contributed by atoms with E-state index in [1.807, 2.05) is 48.5 Å². The van der Waals surface area contributed by atoms with Crippen molar-refractivity contribution >= 4 is 42.0 Å². The summed E-state index contributed by atoms with van der Waals surface area (Å²) in [5, 5.41) is 0. The lowest BCUT2D eigenvalue weighted by Gasteiger charge is -2.13. The molecule has 2 rings (SSSR count). The highest BCUT2D eigenvalue weighted by atomic mass is 35.8. The Bertz CT molecular complexity index is 485. The second kappa shape index (κ2) is 5.58. The third kappa shape index (κ3) is 3.49. The van der Waals surface area contributed by atoms with Crippen LogP contribution in [-0.2, 0) is 0 Å². The lowest BCUT2D eigenvalue weighted by Crippen LogP contribution is -1.83. The van der Waals surface area contributed by atoms with Crippen molar-refractivity contribution in [2.24, 2.45) is 0 Å². The van der Waals surface area contributed by atoms with Crippen molar-refractivity contribution in [3.63, 3.8) is 0 Å². The number of benzene rings is 2. The molecule has 0 aromatic heterocycles. The van der Waals surface area contributed by atoms with Crippen molar-refractivity contribution in [3.8, 4) is 0 Å². The monoisotopic (exact) mass is 284 g/mol. The van der Waals surface area contributed by atoms with Crippen LogP contribution < -0.4 is 11.5 Å². The van der Waals surface area contributed by atoms with Gasteiger partial charge in [0, 0.05) is 21.2 Å². The second-order valence-corrected chi connectivity index (χ2v) is 8.42. The van der Waals surface area contributed by atoms with Gasteiger partial charge in [-0.15, -0.1) is 0 Å². The van der Waals surface area contributed by atoms with Crippen LogP contribution in [0.2, 0.25) is 0 Å². The van der Waals surface area contributed by atoms with Crippen LogP contribution in [0, 0.1) is 0 Å². The van der Waals surface area contributed by atoms with Gasteiger partial charge in [-0.1, -0.05) is 30.6 Å². The molecule has 0 heterocycles. The lowest BCUT2D eigenvalue weighted by atomic mass is 10.3. The van der Waals surface area contributed by atoms with Crippen LogP contribution in [0.15, 0.2) is 58.3 Å². The number of hydrogen-bond acceptors (Lipinski definition) is 3. The standard InChI is InChI=1S/C12H13ClN2S2/c13-17(12-7-3-10(15)4-8-12)16-11-5-1-9(14)2-6-11/h1-8,17H,14-15H2. The van der Waals surface area contributed by atoms with Gasteiger partial charge in [0.05, 0.1) is 0 Å². The number of halogens is 1. The molecular weight excluding hydrogens is 272 g/mol.